The number of aromatic hydroxyl groups is 1. The van der Waals surface area contributed by atoms with Gasteiger partial charge in [-0.15, -0.1) is 11.3 Å². The SMILES string of the molecule is NC(=O)c1cc(-c2csc(N/N=C/c3cc(Cl)cc(Cl)c3Cl)n2)ccc1O. The van der Waals surface area contributed by atoms with Crippen molar-refractivity contribution in [2.24, 2.45) is 10.8 Å². The Kier molecular flexibility index (Phi) is 5.86. The number of primary amides is 1. The minimum absolute atomic E-state index is 0.0282. The molecule has 0 fully saturated rings. The van der Waals surface area contributed by atoms with Crippen molar-refractivity contribution in [2.75, 3.05) is 5.43 Å². The number of benzene rings is 2. The first kappa shape index (κ1) is 19.4. The van der Waals surface area contributed by atoms with Crippen LogP contribution in [0.5, 0.6) is 5.75 Å². The molecule has 0 bridgehead atoms. The smallest absolute Gasteiger partial charge is 0.252 e. The highest BCUT2D eigenvalue weighted by Gasteiger charge is 2.11. The standard InChI is InChI=1S/C17H11Cl3N4O2S/c18-10-3-9(15(20)12(19)5-10)6-22-24-17-23-13(7-27-17)8-1-2-14(25)11(4-8)16(21)26/h1-7,25H,(H2,21,26)(H,23,24)/b22-6+. The van der Waals surface area contributed by atoms with Crippen molar-refractivity contribution in [3.05, 3.63) is 61.9 Å². The molecular weight excluding hydrogens is 431 g/mol. The highest BCUT2D eigenvalue weighted by atomic mass is 35.5. The second-order valence-electron chi connectivity index (χ2n) is 5.29. The lowest BCUT2D eigenvalue weighted by atomic mass is 10.1. The minimum atomic E-state index is -0.718. The monoisotopic (exact) mass is 440 g/mol. The maximum atomic E-state index is 11.3. The number of aromatic nitrogens is 1. The third kappa shape index (κ3) is 4.51. The Morgan fingerprint density at radius 2 is 2.04 bits per heavy atom. The van der Waals surface area contributed by atoms with Crippen LogP contribution in [0.2, 0.25) is 15.1 Å². The van der Waals surface area contributed by atoms with Gasteiger partial charge in [0.2, 0.25) is 5.13 Å². The number of nitrogens with one attached hydrogen (secondary N) is 1. The molecule has 0 unspecified atom stereocenters. The number of thiazole rings is 1. The van der Waals surface area contributed by atoms with E-state index in [0.29, 0.717) is 37.0 Å². The van der Waals surface area contributed by atoms with Crippen LogP contribution in [0.1, 0.15) is 15.9 Å². The molecule has 0 radical (unpaired) electrons. The number of carbonyl (C=O) groups is 1. The van der Waals surface area contributed by atoms with Crippen molar-refractivity contribution >= 4 is 63.4 Å². The molecule has 1 amide bonds. The van der Waals surface area contributed by atoms with Crippen LogP contribution in [0.25, 0.3) is 11.3 Å². The third-order valence-electron chi connectivity index (χ3n) is 3.45. The van der Waals surface area contributed by atoms with E-state index in [1.165, 1.54) is 29.7 Å². The van der Waals surface area contributed by atoms with E-state index in [1.807, 2.05) is 0 Å². The number of nitrogens with two attached hydrogens (primary N) is 1. The van der Waals surface area contributed by atoms with Gasteiger partial charge in [-0.05, 0) is 30.3 Å². The zero-order valence-electron chi connectivity index (χ0n) is 13.4. The van der Waals surface area contributed by atoms with Crippen LogP contribution in [0.3, 0.4) is 0 Å². The molecule has 10 heteroatoms. The second-order valence-corrected chi connectivity index (χ2v) is 7.37. The number of phenols is 1. The van der Waals surface area contributed by atoms with Gasteiger partial charge < -0.3 is 10.8 Å². The van der Waals surface area contributed by atoms with E-state index in [1.54, 1.807) is 23.6 Å². The fraction of sp³-hybridized carbons (Fsp3) is 0. The summed E-state index contributed by atoms with van der Waals surface area (Å²) in [5.74, 6) is -0.897. The molecule has 3 aromatic rings. The molecule has 4 N–H and O–H groups in total. The average molecular weight is 442 g/mol. The molecule has 3 rings (SSSR count). The Morgan fingerprint density at radius 3 is 2.78 bits per heavy atom. The summed E-state index contributed by atoms with van der Waals surface area (Å²) >= 11 is 19.3. The number of nitrogens with zero attached hydrogens (tertiary/aromatic N) is 2. The summed E-state index contributed by atoms with van der Waals surface area (Å²) in [6, 6.07) is 7.69. The molecule has 0 saturated carbocycles. The van der Waals surface area contributed by atoms with E-state index in [4.69, 9.17) is 40.5 Å². The lowest BCUT2D eigenvalue weighted by Gasteiger charge is -2.03. The quantitative estimate of drug-likeness (QED) is 0.294. The topological polar surface area (TPSA) is 101 Å². The van der Waals surface area contributed by atoms with Crippen LogP contribution in [0.15, 0.2) is 40.8 Å². The van der Waals surface area contributed by atoms with Crippen molar-refractivity contribution in [3.63, 3.8) is 0 Å². The van der Waals surface area contributed by atoms with E-state index in [0.717, 1.165) is 0 Å². The first-order valence-corrected chi connectivity index (χ1v) is 9.39. The molecule has 1 aromatic heterocycles. The average Bonchev–Trinajstić information content (AvgIpc) is 3.08. The summed E-state index contributed by atoms with van der Waals surface area (Å²) in [4.78, 5) is 15.7. The molecule has 27 heavy (non-hydrogen) atoms. The van der Waals surface area contributed by atoms with Crippen LogP contribution in [-0.4, -0.2) is 22.2 Å². The molecular formula is C17H11Cl3N4O2S. The number of rotatable bonds is 5. The number of anilines is 1. The van der Waals surface area contributed by atoms with Crippen molar-refractivity contribution < 1.29 is 9.90 Å². The lowest BCUT2D eigenvalue weighted by molar-refractivity contribution is 0.0998. The highest BCUT2D eigenvalue weighted by molar-refractivity contribution is 7.14. The first-order valence-electron chi connectivity index (χ1n) is 7.37. The summed E-state index contributed by atoms with van der Waals surface area (Å²) in [6.45, 7) is 0. The molecule has 6 nitrogen and oxygen atoms in total. The number of hydrazone groups is 1. The maximum Gasteiger partial charge on any atom is 0.252 e. The molecule has 0 spiro atoms. The number of amides is 1. The van der Waals surface area contributed by atoms with Gasteiger partial charge in [0.1, 0.15) is 5.75 Å². The first-order chi connectivity index (χ1) is 12.8. The van der Waals surface area contributed by atoms with E-state index in [-0.39, 0.29) is 11.3 Å². The number of hydrogen-bond acceptors (Lipinski definition) is 6. The normalized spacial score (nSPS) is 11.1. The van der Waals surface area contributed by atoms with E-state index < -0.39 is 5.91 Å². The fourth-order valence-electron chi connectivity index (χ4n) is 2.18. The van der Waals surface area contributed by atoms with E-state index in [9.17, 15) is 9.90 Å². The van der Waals surface area contributed by atoms with Crippen molar-refractivity contribution in [1.29, 1.82) is 0 Å². The van der Waals surface area contributed by atoms with Gasteiger partial charge in [0.05, 0.1) is 27.5 Å². The Morgan fingerprint density at radius 1 is 1.26 bits per heavy atom. The Hall–Kier alpha value is -2.32. The number of carbonyl (C=O) groups excluding carboxylic acids is 1. The number of hydrogen-bond donors (Lipinski definition) is 3. The molecule has 1 heterocycles. The molecule has 0 atom stereocenters. The van der Waals surface area contributed by atoms with Crippen LogP contribution in [-0.2, 0) is 0 Å². The highest BCUT2D eigenvalue weighted by Crippen LogP contribution is 2.30. The zero-order valence-corrected chi connectivity index (χ0v) is 16.5. The second kappa shape index (κ2) is 8.14. The lowest BCUT2D eigenvalue weighted by Crippen LogP contribution is -2.11. The van der Waals surface area contributed by atoms with Crippen LogP contribution >= 0.6 is 46.1 Å². The van der Waals surface area contributed by atoms with Crippen LogP contribution in [0.4, 0.5) is 5.13 Å². The van der Waals surface area contributed by atoms with Crippen molar-refractivity contribution in [1.82, 2.24) is 4.98 Å². The van der Waals surface area contributed by atoms with Gasteiger partial charge in [-0.1, -0.05) is 34.8 Å². The van der Waals surface area contributed by atoms with E-state index >= 15 is 0 Å². The molecule has 0 aliphatic carbocycles. The molecule has 2 aromatic carbocycles. The largest absolute Gasteiger partial charge is 0.507 e. The predicted molar refractivity (Wildman–Crippen MR) is 110 cm³/mol. The summed E-state index contributed by atoms with van der Waals surface area (Å²) in [5, 5.41) is 17.2. The number of halogens is 3. The molecule has 0 aliphatic rings. The van der Waals surface area contributed by atoms with Crippen LogP contribution in [0, 0.1) is 0 Å². The molecule has 0 saturated heterocycles. The van der Waals surface area contributed by atoms with E-state index in [2.05, 4.69) is 15.5 Å². The van der Waals surface area contributed by atoms with Crippen LogP contribution < -0.4 is 11.2 Å². The summed E-state index contributed by atoms with van der Waals surface area (Å²) in [5.41, 5.74) is 9.86. The molecule has 138 valence electrons. The van der Waals surface area contributed by atoms with Gasteiger partial charge in [0.15, 0.2) is 0 Å². The summed E-state index contributed by atoms with van der Waals surface area (Å²) < 4.78 is 0. The van der Waals surface area contributed by atoms with Gasteiger partial charge in [-0.3, -0.25) is 10.2 Å². The predicted octanol–water partition coefficient (Wildman–Crippen LogP) is 5.02. The van der Waals surface area contributed by atoms with Gasteiger partial charge in [0.25, 0.3) is 5.91 Å². The molecule has 0 aliphatic heterocycles. The fourth-order valence-corrected chi connectivity index (χ4v) is 3.51. The summed E-state index contributed by atoms with van der Waals surface area (Å²) in [7, 11) is 0. The minimum Gasteiger partial charge on any atom is -0.507 e. The van der Waals surface area contributed by atoms with Gasteiger partial charge in [-0.2, -0.15) is 5.10 Å². The third-order valence-corrected chi connectivity index (χ3v) is 5.23. The Labute approximate surface area is 173 Å². The van der Waals surface area contributed by atoms with Gasteiger partial charge in [-0.25, -0.2) is 4.98 Å². The maximum absolute atomic E-state index is 11.3. The van der Waals surface area contributed by atoms with Crippen molar-refractivity contribution in [3.8, 4) is 17.0 Å². The zero-order chi connectivity index (χ0) is 19.6. The van der Waals surface area contributed by atoms with Gasteiger partial charge in [0, 0.05) is 21.5 Å². The Bertz CT molecular complexity index is 1050. The van der Waals surface area contributed by atoms with Crippen molar-refractivity contribution in [2.45, 2.75) is 0 Å². The summed E-state index contributed by atoms with van der Waals surface area (Å²) in [6.07, 6.45) is 1.48. The Balaban J connectivity index is 1.77. The van der Waals surface area contributed by atoms with Gasteiger partial charge >= 0.3 is 0 Å².